The predicted octanol–water partition coefficient (Wildman–Crippen LogP) is 3.94. The van der Waals surface area contributed by atoms with Crippen molar-refractivity contribution in [1.82, 2.24) is 15.3 Å². The molecule has 2 atom stereocenters. The second kappa shape index (κ2) is 11.0. The summed E-state index contributed by atoms with van der Waals surface area (Å²) in [4.78, 5) is 53.3. The number of nitrogens with zero attached hydrogens (tertiary/aromatic N) is 4. The third-order valence-electron chi connectivity index (χ3n) is 9.25. The Morgan fingerprint density at radius 2 is 1.82 bits per heavy atom. The van der Waals surface area contributed by atoms with Crippen molar-refractivity contribution in [3.05, 3.63) is 105 Å². The van der Waals surface area contributed by atoms with E-state index in [1.54, 1.807) is 24.4 Å². The Balaban J connectivity index is 1.22. The first-order valence-corrected chi connectivity index (χ1v) is 15.4. The predicted molar refractivity (Wildman–Crippen MR) is 176 cm³/mol. The van der Waals surface area contributed by atoms with Gasteiger partial charge in [-0.25, -0.2) is 9.97 Å². The van der Waals surface area contributed by atoms with E-state index in [1.165, 1.54) is 11.9 Å². The van der Waals surface area contributed by atoms with Crippen molar-refractivity contribution in [2.45, 2.75) is 32.7 Å². The Hall–Kier alpha value is -4.82. The van der Waals surface area contributed by atoms with Gasteiger partial charge in [0, 0.05) is 23.0 Å². The van der Waals surface area contributed by atoms with Gasteiger partial charge in [0.25, 0.3) is 0 Å². The number of nitrogens with one attached hydrogen (secondary N) is 1. The second-order valence-electron chi connectivity index (χ2n) is 12.2. The molecule has 1 aliphatic heterocycles. The van der Waals surface area contributed by atoms with Crippen LogP contribution in [0.2, 0.25) is 5.02 Å². The lowest BCUT2D eigenvalue weighted by atomic mass is 9.73. The lowest BCUT2D eigenvalue weighted by Crippen LogP contribution is -2.59. The van der Waals surface area contributed by atoms with Crippen LogP contribution in [-0.4, -0.2) is 47.2 Å². The molecular formula is C36H32ClN5O3. The van der Waals surface area contributed by atoms with Gasteiger partial charge in [0.05, 0.1) is 19.4 Å². The molecule has 0 bridgehead atoms. The minimum atomic E-state index is -1.12. The van der Waals surface area contributed by atoms with Crippen molar-refractivity contribution >= 4 is 52.7 Å². The highest BCUT2D eigenvalue weighted by Crippen LogP contribution is 2.43. The van der Waals surface area contributed by atoms with Crippen LogP contribution in [0, 0.1) is 12.8 Å². The van der Waals surface area contributed by atoms with E-state index in [1.807, 2.05) is 54.8 Å². The summed E-state index contributed by atoms with van der Waals surface area (Å²) in [6.07, 6.45) is 7.50. The molecule has 1 amide bonds. The van der Waals surface area contributed by atoms with Crippen molar-refractivity contribution in [2.75, 3.05) is 29.6 Å². The van der Waals surface area contributed by atoms with Crippen LogP contribution < -0.4 is 25.6 Å². The quantitative estimate of drug-likeness (QED) is 0.350. The number of hydrogen-bond donors (Lipinski definition) is 1. The van der Waals surface area contributed by atoms with E-state index in [4.69, 9.17) is 11.6 Å². The van der Waals surface area contributed by atoms with Crippen molar-refractivity contribution < 1.29 is 14.4 Å². The minimum absolute atomic E-state index is 0.0122. The van der Waals surface area contributed by atoms with E-state index < -0.39 is 11.5 Å². The Labute approximate surface area is 266 Å². The van der Waals surface area contributed by atoms with E-state index in [9.17, 15) is 14.4 Å². The maximum Gasteiger partial charge on any atom is 0.239 e. The molecule has 1 aromatic heterocycles. The van der Waals surface area contributed by atoms with Crippen LogP contribution in [0.25, 0.3) is 23.3 Å². The molecule has 0 fully saturated rings. The fourth-order valence-corrected chi connectivity index (χ4v) is 7.03. The molecule has 3 aromatic carbocycles. The Bertz CT molecular complexity index is 2030. The molecule has 0 radical (unpaired) electrons. The molecule has 45 heavy (non-hydrogen) atoms. The highest BCUT2D eigenvalue weighted by molar-refractivity contribution is 6.32. The van der Waals surface area contributed by atoms with Gasteiger partial charge in [-0.2, -0.15) is 0 Å². The molecule has 2 unspecified atom stereocenters. The first-order valence-electron chi connectivity index (χ1n) is 15.1. The number of aromatic nitrogens is 2. The van der Waals surface area contributed by atoms with Crippen LogP contribution in [0.4, 0.5) is 11.5 Å². The first-order chi connectivity index (χ1) is 21.6. The summed E-state index contributed by atoms with van der Waals surface area (Å²) in [5.74, 6) is -0.0632. The molecule has 3 aliphatic rings. The number of Topliss-reactive ketones (excluding diaryl/α,β-unsaturated/α-hetero) is 2. The van der Waals surface area contributed by atoms with E-state index in [2.05, 4.69) is 39.6 Å². The van der Waals surface area contributed by atoms with Crippen LogP contribution >= 0.6 is 11.6 Å². The smallest absolute Gasteiger partial charge is 0.239 e. The first kappa shape index (κ1) is 28.9. The largest absolute Gasteiger partial charge is 0.354 e. The molecule has 8 nitrogen and oxygen atoms in total. The monoisotopic (exact) mass is 617 g/mol. The second-order valence-corrected chi connectivity index (χ2v) is 12.6. The Morgan fingerprint density at radius 1 is 1.04 bits per heavy atom. The van der Waals surface area contributed by atoms with Crippen LogP contribution in [-0.2, 0) is 21.5 Å². The molecule has 2 heterocycles. The highest BCUT2D eigenvalue weighted by atomic mass is 35.5. The van der Waals surface area contributed by atoms with Crippen LogP contribution in [0.3, 0.4) is 0 Å². The zero-order chi connectivity index (χ0) is 31.5. The summed E-state index contributed by atoms with van der Waals surface area (Å²) < 4.78 is 0. The molecule has 2 aliphatic carbocycles. The van der Waals surface area contributed by atoms with Crippen molar-refractivity contribution in [1.29, 1.82) is 0 Å². The van der Waals surface area contributed by atoms with Gasteiger partial charge in [-0.3, -0.25) is 14.4 Å². The zero-order valence-corrected chi connectivity index (χ0v) is 26.1. The summed E-state index contributed by atoms with van der Waals surface area (Å²) >= 11 is 6.21. The number of aryl methyl sites for hydroxylation is 1. The average Bonchev–Trinajstić information content (AvgIpc) is 3.40. The van der Waals surface area contributed by atoms with Gasteiger partial charge in [-0.05, 0) is 71.2 Å². The van der Waals surface area contributed by atoms with Gasteiger partial charge in [-0.1, -0.05) is 72.6 Å². The van der Waals surface area contributed by atoms with Gasteiger partial charge < -0.3 is 15.1 Å². The maximum absolute atomic E-state index is 14.2. The molecule has 0 saturated carbocycles. The fourth-order valence-electron chi connectivity index (χ4n) is 6.85. The topological polar surface area (TPSA) is 95.5 Å². The van der Waals surface area contributed by atoms with Gasteiger partial charge >= 0.3 is 0 Å². The third-order valence-corrected chi connectivity index (χ3v) is 9.48. The molecule has 0 spiro atoms. The number of rotatable bonds is 6. The number of ketones is 2. The lowest BCUT2D eigenvalue weighted by Gasteiger charge is -2.42. The number of amides is 1. The zero-order valence-electron chi connectivity index (χ0n) is 25.3. The highest BCUT2D eigenvalue weighted by Gasteiger charge is 2.50. The SMILES string of the molecule is Cc1ccc(CCNC(=O)CN2CN(C3(C)C(=O)C(C)C=c4c3ccc3c4=CC(=O)c4cc(Cl)ccc4-3)c3ncncc32)cc1. The minimum Gasteiger partial charge on any atom is -0.354 e. The van der Waals surface area contributed by atoms with Crippen LogP contribution in [0.5, 0.6) is 0 Å². The number of halogens is 1. The molecule has 0 saturated heterocycles. The average molecular weight is 618 g/mol. The van der Waals surface area contributed by atoms with Crippen molar-refractivity contribution in [3.8, 4) is 11.1 Å². The lowest BCUT2D eigenvalue weighted by molar-refractivity contribution is -0.126. The number of anilines is 2. The Kier molecular flexibility index (Phi) is 7.05. The molecule has 226 valence electrons. The standard InChI is InChI=1S/C36H32ClN5O3/c1-21-4-6-23(7-5-21)12-13-39-33(44)18-41-20-42(35-31(41)17-38-19-40-35)36(3)30-11-10-25-26-9-8-24(37)15-29(26)32(43)16-27(25)28(30)14-22(2)34(36)45/h4-11,14-17,19,22H,12-13,18,20H2,1-3H3,(H,39,44). The number of fused-ring (bicyclic) bond motifs is 6. The molecule has 1 N–H and O–H groups in total. The van der Waals surface area contributed by atoms with Gasteiger partial charge in [0.15, 0.2) is 17.4 Å². The van der Waals surface area contributed by atoms with Crippen LogP contribution in [0.15, 0.2) is 67.1 Å². The summed E-state index contributed by atoms with van der Waals surface area (Å²) in [5.41, 5.74) is 5.04. The van der Waals surface area contributed by atoms with Gasteiger partial charge in [0.2, 0.25) is 5.91 Å². The van der Waals surface area contributed by atoms with Crippen molar-refractivity contribution in [3.63, 3.8) is 0 Å². The normalized spacial score (nSPS) is 19.6. The third kappa shape index (κ3) is 4.80. The van der Waals surface area contributed by atoms with Crippen molar-refractivity contribution in [2.24, 2.45) is 5.92 Å². The summed E-state index contributed by atoms with van der Waals surface area (Å²) in [5, 5.41) is 5.20. The van der Waals surface area contributed by atoms with Gasteiger partial charge in [-0.15, -0.1) is 0 Å². The van der Waals surface area contributed by atoms with E-state index in [-0.39, 0.29) is 30.7 Å². The van der Waals surface area contributed by atoms with E-state index in [0.29, 0.717) is 28.6 Å². The molecule has 7 rings (SSSR count). The summed E-state index contributed by atoms with van der Waals surface area (Å²) in [6.45, 7) is 6.74. The van der Waals surface area contributed by atoms with E-state index in [0.717, 1.165) is 39.1 Å². The Morgan fingerprint density at radius 3 is 2.62 bits per heavy atom. The maximum atomic E-state index is 14.2. The van der Waals surface area contributed by atoms with E-state index >= 15 is 0 Å². The van der Waals surface area contributed by atoms with Gasteiger partial charge in [0.1, 0.15) is 17.6 Å². The molecule has 9 heteroatoms. The summed E-state index contributed by atoms with van der Waals surface area (Å²) in [7, 11) is 0. The molecule has 4 aromatic rings. The van der Waals surface area contributed by atoms with Crippen LogP contribution in [0.1, 0.15) is 40.9 Å². The summed E-state index contributed by atoms with van der Waals surface area (Å²) in [6, 6.07) is 17.6. The number of carbonyl (C=O) groups excluding carboxylic acids is 3. The number of benzene rings is 3. The molecular weight excluding hydrogens is 586 g/mol. The number of carbonyl (C=O) groups is 3. The number of hydrogen-bond acceptors (Lipinski definition) is 7. The fraction of sp³-hybridized carbons (Fsp3) is 0.250.